The predicted molar refractivity (Wildman–Crippen MR) is 91.1 cm³/mol. The lowest BCUT2D eigenvalue weighted by atomic mass is 9.84. The first-order valence-corrected chi connectivity index (χ1v) is 8.48. The Morgan fingerprint density at radius 1 is 1.35 bits per heavy atom. The minimum Gasteiger partial charge on any atom is -0.487 e. The summed E-state index contributed by atoms with van der Waals surface area (Å²) in [6.45, 7) is -0.231. The molecule has 1 aromatic rings. The second-order valence-corrected chi connectivity index (χ2v) is 6.42. The Hall–Kier alpha value is -2.16. The number of carbonyl (C=O) groups excluding carboxylic acids is 2. The van der Waals surface area contributed by atoms with Crippen LogP contribution in [0.5, 0.6) is 5.75 Å². The molecule has 2 N–H and O–H groups in total. The molecule has 2 heterocycles. The summed E-state index contributed by atoms with van der Waals surface area (Å²) < 4.78 is 21.3. The van der Waals surface area contributed by atoms with Gasteiger partial charge in [-0.05, 0) is 24.6 Å². The number of aliphatic hydroxyl groups is 1. The van der Waals surface area contributed by atoms with Crippen LogP contribution in [0.15, 0.2) is 18.2 Å². The highest BCUT2D eigenvalue weighted by Gasteiger charge is 2.46. The molecule has 0 aliphatic carbocycles. The second kappa shape index (κ2) is 8.03. The molecule has 4 atom stereocenters. The average Bonchev–Trinajstić information content (AvgIpc) is 2.99. The van der Waals surface area contributed by atoms with Crippen molar-refractivity contribution in [3.63, 3.8) is 0 Å². The van der Waals surface area contributed by atoms with E-state index < -0.39 is 6.10 Å². The molecule has 1 saturated heterocycles. The lowest BCUT2D eigenvalue weighted by molar-refractivity contribution is -0.156. The van der Waals surface area contributed by atoms with Crippen LogP contribution in [0.4, 0.5) is 5.69 Å². The van der Waals surface area contributed by atoms with Crippen LogP contribution >= 0.6 is 0 Å². The van der Waals surface area contributed by atoms with E-state index in [9.17, 15) is 14.7 Å². The van der Waals surface area contributed by atoms with Crippen molar-refractivity contribution in [1.29, 1.82) is 0 Å². The van der Waals surface area contributed by atoms with Gasteiger partial charge in [0.15, 0.2) is 0 Å². The monoisotopic (exact) mass is 365 g/mol. The summed E-state index contributed by atoms with van der Waals surface area (Å²) in [7, 11) is 2.79. The van der Waals surface area contributed by atoms with E-state index in [0.717, 1.165) is 5.56 Å². The molecule has 3 rings (SSSR count). The van der Waals surface area contributed by atoms with Crippen molar-refractivity contribution < 1.29 is 33.6 Å². The molecule has 26 heavy (non-hydrogen) atoms. The first kappa shape index (κ1) is 18.6. The maximum Gasteiger partial charge on any atom is 0.308 e. The van der Waals surface area contributed by atoms with Gasteiger partial charge in [0.2, 0.25) is 5.91 Å². The van der Waals surface area contributed by atoms with Gasteiger partial charge in [-0.3, -0.25) is 9.59 Å². The molecule has 0 unspecified atom stereocenters. The summed E-state index contributed by atoms with van der Waals surface area (Å²) in [6.07, 6.45) is -0.521. The van der Waals surface area contributed by atoms with Gasteiger partial charge in [-0.25, -0.2) is 0 Å². The second-order valence-electron chi connectivity index (χ2n) is 6.42. The predicted octanol–water partition coefficient (Wildman–Crippen LogP) is 0.829. The van der Waals surface area contributed by atoms with Gasteiger partial charge in [-0.1, -0.05) is 0 Å². The fourth-order valence-electron chi connectivity index (χ4n) is 3.56. The van der Waals surface area contributed by atoms with E-state index in [2.05, 4.69) is 5.32 Å². The largest absolute Gasteiger partial charge is 0.487 e. The number of aliphatic hydroxyl groups excluding tert-OH is 1. The molecular formula is C18H23NO7. The number of methoxy groups -OCH3 is 2. The Labute approximate surface area is 151 Å². The molecular weight excluding hydrogens is 342 g/mol. The van der Waals surface area contributed by atoms with Gasteiger partial charge < -0.3 is 29.4 Å². The molecule has 142 valence electrons. The number of nitrogens with one attached hydrogen (secondary N) is 1. The highest BCUT2D eigenvalue weighted by Crippen LogP contribution is 2.47. The third-order valence-corrected chi connectivity index (χ3v) is 4.68. The first-order chi connectivity index (χ1) is 12.5. The summed E-state index contributed by atoms with van der Waals surface area (Å²) in [5.74, 6) is 0.0619. The van der Waals surface area contributed by atoms with Gasteiger partial charge in [-0.2, -0.15) is 0 Å². The summed E-state index contributed by atoms with van der Waals surface area (Å²) in [4.78, 5) is 23.3. The molecule has 0 aromatic heterocycles. The van der Waals surface area contributed by atoms with Gasteiger partial charge in [0.05, 0.1) is 26.2 Å². The van der Waals surface area contributed by atoms with Crippen molar-refractivity contribution in [2.75, 3.05) is 32.8 Å². The van der Waals surface area contributed by atoms with Crippen molar-refractivity contribution in [3.05, 3.63) is 23.8 Å². The number of amides is 1. The van der Waals surface area contributed by atoms with E-state index in [-0.39, 0.29) is 49.6 Å². The zero-order valence-corrected chi connectivity index (χ0v) is 14.8. The van der Waals surface area contributed by atoms with Gasteiger partial charge >= 0.3 is 5.97 Å². The summed E-state index contributed by atoms with van der Waals surface area (Å²) in [6, 6.07) is 5.41. The fourth-order valence-corrected chi connectivity index (χ4v) is 3.56. The smallest absolute Gasteiger partial charge is 0.308 e. The number of esters is 1. The van der Waals surface area contributed by atoms with Crippen LogP contribution in [0.3, 0.4) is 0 Å². The van der Waals surface area contributed by atoms with Crippen molar-refractivity contribution in [2.45, 2.75) is 37.1 Å². The van der Waals surface area contributed by atoms with Crippen LogP contribution in [0.25, 0.3) is 0 Å². The third kappa shape index (κ3) is 3.82. The summed E-state index contributed by atoms with van der Waals surface area (Å²) in [5.41, 5.74) is 1.58. The van der Waals surface area contributed by atoms with E-state index in [4.69, 9.17) is 18.9 Å². The number of anilines is 1. The van der Waals surface area contributed by atoms with E-state index in [1.54, 1.807) is 12.1 Å². The molecule has 0 saturated carbocycles. The molecule has 0 spiro atoms. The Morgan fingerprint density at radius 2 is 2.15 bits per heavy atom. The van der Waals surface area contributed by atoms with Gasteiger partial charge in [0.1, 0.15) is 24.6 Å². The fraction of sp³-hybridized carbons (Fsp3) is 0.556. The van der Waals surface area contributed by atoms with E-state index in [1.807, 2.05) is 6.07 Å². The van der Waals surface area contributed by atoms with Crippen LogP contribution in [0.2, 0.25) is 0 Å². The standard InChI is InChI=1S/C18H23NO7/c1-23-9-16(21)19-10-3-4-14-12(5-10)13-6-11(7-17(22)24-2)25-15(8-20)18(13)26-14/h3-5,11,13,15,18,20H,6-9H2,1-2H3,(H,19,21)/t11-,13-,15+,18+/m1/s1. The number of benzene rings is 1. The molecule has 2 aliphatic rings. The van der Waals surface area contributed by atoms with E-state index in [1.165, 1.54) is 14.2 Å². The number of carbonyl (C=O) groups is 2. The van der Waals surface area contributed by atoms with Crippen LogP contribution in [0.1, 0.15) is 24.3 Å². The number of fused-ring (bicyclic) bond motifs is 3. The maximum absolute atomic E-state index is 11.7. The molecule has 0 bridgehead atoms. The van der Waals surface area contributed by atoms with Crippen LogP contribution in [-0.4, -0.2) is 62.7 Å². The molecule has 0 radical (unpaired) electrons. The lowest BCUT2D eigenvalue weighted by Crippen LogP contribution is -2.46. The third-order valence-electron chi connectivity index (χ3n) is 4.68. The normalized spacial score (nSPS) is 26.4. The zero-order valence-electron chi connectivity index (χ0n) is 14.8. The van der Waals surface area contributed by atoms with Crippen molar-refractivity contribution in [2.24, 2.45) is 0 Å². The topological polar surface area (TPSA) is 103 Å². The molecule has 8 heteroatoms. The first-order valence-electron chi connectivity index (χ1n) is 8.48. The Morgan fingerprint density at radius 3 is 2.85 bits per heavy atom. The zero-order chi connectivity index (χ0) is 18.7. The van der Waals surface area contributed by atoms with Crippen molar-refractivity contribution in [3.8, 4) is 5.75 Å². The molecule has 2 aliphatic heterocycles. The van der Waals surface area contributed by atoms with E-state index >= 15 is 0 Å². The average molecular weight is 365 g/mol. The Balaban J connectivity index is 1.80. The van der Waals surface area contributed by atoms with Crippen LogP contribution in [0, 0.1) is 0 Å². The number of ether oxygens (including phenoxy) is 4. The minimum absolute atomic E-state index is 0.0265. The maximum atomic E-state index is 11.7. The number of hydrogen-bond acceptors (Lipinski definition) is 7. The summed E-state index contributed by atoms with van der Waals surface area (Å²) in [5, 5.41) is 12.4. The van der Waals surface area contributed by atoms with Gasteiger partial charge in [-0.15, -0.1) is 0 Å². The quantitative estimate of drug-likeness (QED) is 0.720. The van der Waals surface area contributed by atoms with Gasteiger partial charge in [0, 0.05) is 24.3 Å². The molecule has 1 fully saturated rings. The SMILES string of the molecule is COCC(=O)Nc1ccc2c(c1)[C@H]1C[C@H](CC(=O)OC)O[C@@H](CO)[C@H]1O2. The van der Waals surface area contributed by atoms with E-state index in [0.29, 0.717) is 17.9 Å². The number of hydrogen-bond donors (Lipinski definition) is 2. The Kier molecular flexibility index (Phi) is 5.75. The van der Waals surface area contributed by atoms with Crippen LogP contribution < -0.4 is 10.1 Å². The van der Waals surface area contributed by atoms with Crippen molar-refractivity contribution >= 4 is 17.6 Å². The minimum atomic E-state index is -0.526. The lowest BCUT2D eigenvalue weighted by Gasteiger charge is -2.36. The molecule has 8 nitrogen and oxygen atoms in total. The Bertz CT molecular complexity index is 678. The molecule has 1 aromatic carbocycles. The summed E-state index contributed by atoms with van der Waals surface area (Å²) >= 11 is 0. The molecule has 1 amide bonds. The van der Waals surface area contributed by atoms with Crippen LogP contribution in [-0.2, 0) is 23.8 Å². The van der Waals surface area contributed by atoms with Gasteiger partial charge in [0.25, 0.3) is 0 Å². The number of rotatable bonds is 6. The highest BCUT2D eigenvalue weighted by molar-refractivity contribution is 5.91. The highest BCUT2D eigenvalue weighted by atomic mass is 16.6. The van der Waals surface area contributed by atoms with Crippen molar-refractivity contribution in [1.82, 2.24) is 0 Å².